The van der Waals surface area contributed by atoms with Gasteiger partial charge in [0.15, 0.2) is 0 Å². The summed E-state index contributed by atoms with van der Waals surface area (Å²) in [5.41, 5.74) is 0. The van der Waals surface area contributed by atoms with E-state index in [1.807, 2.05) is 0 Å². The first-order valence-corrected chi connectivity index (χ1v) is 44.1. The SMILES string of the molecule is CCCCCC/C=C\C/C=C\CCCCCCCCCC(=O)OCCCCCCCCCCCCCCCCCCCCCCCCCCCCCCCCCCCCCCCC(=O)NC(CO)C(O)CCCCCCCCCCCCCCCCCCCCCCCCC. The molecule has 0 aliphatic rings. The fraction of sp³-hybridized carbons (Fsp3) is 0.933. The molecule has 0 aliphatic carbocycles. The highest BCUT2D eigenvalue weighted by molar-refractivity contribution is 5.76. The molecule has 0 aromatic carbocycles. The molecule has 0 fully saturated rings. The van der Waals surface area contributed by atoms with E-state index in [1.54, 1.807) is 0 Å². The molecule has 0 heterocycles. The average Bonchev–Trinajstić information content (AvgIpc) is 3.03. The molecular weight excluding hydrogens is 1160 g/mol. The van der Waals surface area contributed by atoms with Crippen LogP contribution < -0.4 is 5.32 Å². The number of hydrogen-bond acceptors (Lipinski definition) is 5. The third-order valence-electron chi connectivity index (χ3n) is 21.0. The second-order valence-corrected chi connectivity index (χ2v) is 30.6. The van der Waals surface area contributed by atoms with Crippen LogP contribution in [0.5, 0.6) is 0 Å². The summed E-state index contributed by atoms with van der Waals surface area (Å²) in [5, 5.41) is 23.5. The normalized spacial score (nSPS) is 12.5. The second-order valence-electron chi connectivity index (χ2n) is 30.6. The molecule has 0 saturated heterocycles. The first-order valence-electron chi connectivity index (χ1n) is 44.1. The van der Waals surface area contributed by atoms with Crippen LogP contribution in [0.3, 0.4) is 0 Å². The van der Waals surface area contributed by atoms with Crippen molar-refractivity contribution in [1.82, 2.24) is 5.32 Å². The van der Waals surface area contributed by atoms with E-state index in [-0.39, 0.29) is 18.5 Å². The van der Waals surface area contributed by atoms with Gasteiger partial charge in [-0.1, -0.05) is 462 Å². The lowest BCUT2D eigenvalue weighted by Crippen LogP contribution is -2.45. The molecule has 2 atom stereocenters. The smallest absolute Gasteiger partial charge is 0.305 e. The van der Waals surface area contributed by atoms with Gasteiger partial charge in [0.05, 0.1) is 25.4 Å². The Bertz CT molecular complexity index is 1500. The zero-order chi connectivity index (χ0) is 68.4. The average molecular weight is 1340 g/mol. The number of carbonyl (C=O) groups excluding carboxylic acids is 2. The van der Waals surface area contributed by atoms with Gasteiger partial charge in [-0.15, -0.1) is 0 Å². The molecule has 95 heavy (non-hydrogen) atoms. The largest absolute Gasteiger partial charge is 0.466 e. The fourth-order valence-electron chi connectivity index (χ4n) is 14.3. The summed E-state index contributed by atoms with van der Waals surface area (Å²) in [7, 11) is 0. The minimum Gasteiger partial charge on any atom is -0.466 e. The summed E-state index contributed by atoms with van der Waals surface area (Å²) in [4.78, 5) is 24.7. The number of amides is 1. The topological polar surface area (TPSA) is 95.9 Å². The molecule has 6 nitrogen and oxygen atoms in total. The van der Waals surface area contributed by atoms with Crippen molar-refractivity contribution in [2.75, 3.05) is 13.2 Å². The lowest BCUT2D eigenvalue weighted by Gasteiger charge is -2.22. The number of aliphatic hydroxyl groups excluding tert-OH is 2. The van der Waals surface area contributed by atoms with Gasteiger partial charge in [-0.25, -0.2) is 0 Å². The van der Waals surface area contributed by atoms with E-state index < -0.39 is 12.1 Å². The van der Waals surface area contributed by atoms with Crippen molar-refractivity contribution >= 4 is 11.9 Å². The number of allylic oxidation sites excluding steroid dienone is 4. The summed E-state index contributed by atoms with van der Waals surface area (Å²) < 4.78 is 5.52. The quantitative estimate of drug-likeness (QED) is 0.0320. The van der Waals surface area contributed by atoms with Gasteiger partial charge >= 0.3 is 5.97 Å². The van der Waals surface area contributed by atoms with Crippen molar-refractivity contribution in [2.45, 2.75) is 520 Å². The Kier molecular flexibility index (Phi) is 83.3. The summed E-state index contributed by atoms with van der Waals surface area (Å²) in [6.45, 7) is 5.00. The maximum absolute atomic E-state index is 12.6. The van der Waals surface area contributed by atoms with Crippen LogP contribution in [0.2, 0.25) is 0 Å². The van der Waals surface area contributed by atoms with Crippen molar-refractivity contribution in [2.24, 2.45) is 0 Å². The van der Waals surface area contributed by atoms with E-state index in [9.17, 15) is 19.8 Å². The summed E-state index contributed by atoms with van der Waals surface area (Å²) in [6.07, 6.45) is 110. The van der Waals surface area contributed by atoms with E-state index in [4.69, 9.17) is 4.74 Å². The van der Waals surface area contributed by atoms with Crippen LogP contribution in [0, 0.1) is 0 Å². The van der Waals surface area contributed by atoms with Crippen LogP contribution in [-0.4, -0.2) is 47.4 Å². The predicted octanol–water partition coefficient (Wildman–Crippen LogP) is 29.6. The molecule has 0 aromatic rings. The van der Waals surface area contributed by atoms with Crippen LogP contribution in [0.4, 0.5) is 0 Å². The van der Waals surface area contributed by atoms with E-state index in [2.05, 4.69) is 43.5 Å². The van der Waals surface area contributed by atoms with Crippen molar-refractivity contribution in [3.8, 4) is 0 Å². The van der Waals surface area contributed by atoms with Crippen LogP contribution in [0.1, 0.15) is 508 Å². The lowest BCUT2D eigenvalue weighted by atomic mass is 10.0. The van der Waals surface area contributed by atoms with Crippen molar-refractivity contribution in [1.29, 1.82) is 0 Å². The van der Waals surface area contributed by atoms with Gasteiger partial charge in [0.2, 0.25) is 5.91 Å². The zero-order valence-corrected chi connectivity index (χ0v) is 64.9. The first kappa shape index (κ1) is 93.3. The number of carbonyl (C=O) groups is 2. The third-order valence-corrected chi connectivity index (χ3v) is 21.0. The third kappa shape index (κ3) is 81.2. The summed E-state index contributed by atoms with van der Waals surface area (Å²) >= 11 is 0. The number of ether oxygens (including phenoxy) is 1. The monoisotopic (exact) mass is 1340 g/mol. The molecule has 0 bridgehead atoms. The van der Waals surface area contributed by atoms with E-state index in [0.717, 1.165) is 51.4 Å². The Morgan fingerprint density at radius 1 is 0.295 bits per heavy atom. The van der Waals surface area contributed by atoms with Crippen molar-refractivity contribution in [3.63, 3.8) is 0 Å². The predicted molar refractivity (Wildman–Crippen MR) is 421 cm³/mol. The van der Waals surface area contributed by atoms with Gasteiger partial charge in [-0.05, 0) is 57.8 Å². The number of esters is 1. The highest BCUT2D eigenvalue weighted by Gasteiger charge is 2.20. The Labute approximate surface area is 596 Å². The number of rotatable bonds is 84. The van der Waals surface area contributed by atoms with Crippen molar-refractivity contribution in [3.05, 3.63) is 24.3 Å². The lowest BCUT2D eigenvalue weighted by molar-refractivity contribution is -0.143. The van der Waals surface area contributed by atoms with E-state index in [1.165, 1.54) is 424 Å². The fourth-order valence-corrected chi connectivity index (χ4v) is 14.3. The Balaban J connectivity index is 3.30. The highest BCUT2D eigenvalue weighted by Crippen LogP contribution is 2.21. The van der Waals surface area contributed by atoms with Crippen molar-refractivity contribution < 1.29 is 24.5 Å². The number of unbranched alkanes of at least 4 members (excludes halogenated alkanes) is 69. The van der Waals surface area contributed by atoms with Gasteiger partial charge < -0.3 is 20.3 Å². The van der Waals surface area contributed by atoms with Gasteiger partial charge in [0.1, 0.15) is 0 Å². The van der Waals surface area contributed by atoms with E-state index in [0.29, 0.717) is 25.9 Å². The van der Waals surface area contributed by atoms with E-state index >= 15 is 0 Å². The van der Waals surface area contributed by atoms with Gasteiger partial charge in [-0.3, -0.25) is 9.59 Å². The molecule has 2 unspecified atom stereocenters. The van der Waals surface area contributed by atoms with Crippen LogP contribution in [-0.2, 0) is 14.3 Å². The van der Waals surface area contributed by atoms with Crippen LogP contribution in [0.25, 0.3) is 0 Å². The molecule has 0 aromatic heterocycles. The number of aliphatic hydroxyl groups is 2. The molecule has 564 valence electrons. The van der Waals surface area contributed by atoms with Gasteiger partial charge in [0, 0.05) is 12.8 Å². The number of hydrogen-bond donors (Lipinski definition) is 3. The molecule has 3 N–H and O–H groups in total. The maximum atomic E-state index is 12.6. The molecule has 0 radical (unpaired) electrons. The molecule has 0 saturated carbocycles. The number of nitrogens with one attached hydrogen (secondary N) is 1. The Hall–Kier alpha value is -1.66. The summed E-state index contributed by atoms with van der Waals surface area (Å²) in [5.74, 6) is -0.00568. The molecule has 0 rings (SSSR count). The first-order chi connectivity index (χ1) is 47.0. The molecular formula is C89H173NO5. The molecule has 0 spiro atoms. The highest BCUT2D eigenvalue weighted by atomic mass is 16.5. The Morgan fingerprint density at radius 2 is 0.526 bits per heavy atom. The minimum absolute atomic E-state index is 0.0172. The van der Waals surface area contributed by atoms with Crippen LogP contribution in [0.15, 0.2) is 24.3 Å². The summed E-state index contributed by atoms with van der Waals surface area (Å²) in [6, 6.07) is -0.538. The van der Waals surface area contributed by atoms with Gasteiger partial charge in [-0.2, -0.15) is 0 Å². The van der Waals surface area contributed by atoms with Crippen LogP contribution >= 0.6 is 0 Å². The molecule has 1 amide bonds. The Morgan fingerprint density at radius 3 is 0.811 bits per heavy atom. The van der Waals surface area contributed by atoms with Gasteiger partial charge in [0.25, 0.3) is 0 Å². The molecule has 0 aliphatic heterocycles. The second kappa shape index (κ2) is 84.8. The maximum Gasteiger partial charge on any atom is 0.305 e. The molecule has 6 heteroatoms. The standard InChI is InChI=1S/C89H173NO5/c1-3-5-7-9-11-13-15-17-19-21-23-24-40-43-46-49-53-57-61-65-69-73-77-81-87(92)86(85-91)90-88(93)82-78-74-70-66-62-58-54-50-47-44-41-38-36-34-32-30-28-26-25-27-29-31-33-35-37-39-42-45-48-52-56-60-64-68-72-76-80-84-95-89(94)83-79-75-71-67-63-59-55-51-22-20-18-16-14-12-10-8-6-4-2/h14,16,20,22,86-87,91-92H,3-13,15,17-19,21,23-85H2,1-2H3,(H,90,93)/b16-14-,22-20-. The minimum atomic E-state index is -0.661. The zero-order valence-electron chi connectivity index (χ0n) is 64.9.